The van der Waals surface area contributed by atoms with Gasteiger partial charge < -0.3 is 15.4 Å². The molecule has 1 aromatic rings. The summed E-state index contributed by atoms with van der Waals surface area (Å²) in [6, 6.07) is 6.77. The zero-order valence-electron chi connectivity index (χ0n) is 12.0. The molecule has 22 heavy (non-hydrogen) atoms. The summed E-state index contributed by atoms with van der Waals surface area (Å²) in [5.41, 5.74) is 5.63. The Bertz CT molecular complexity index is 583. The molecule has 0 unspecified atom stereocenters. The highest BCUT2D eigenvalue weighted by molar-refractivity contribution is 9.10. The molecule has 1 aliphatic rings. The molecule has 1 heterocycles. The smallest absolute Gasteiger partial charge is 0.338 e. The van der Waals surface area contributed by atoms with Gasteiger partial charge in [0.05, 0.1) is 5.56 Å². The van der Waals surface area contributed by atoms with Crippen molar-refractivity contribution in [3.05, 3.63) is 34.3 Å². The summed E-state index contributed by atoms with van der Waals surface area (Å²) >= 11 is 3.27. The van der Waals surface area contributed by atoms with Crippen LogP contribution in [0.1, 0.15) is 23.2 Å². The number of nitrogens with two attached hydrogens (primary N) is 1. The van der Waals surface area contributed by atoms with Gasteiger partial charge >= 0.3 is 5.97 Å². The number of carbonyl (C=O) groups excluding carboxylic acids is 3. The third-order valence-corrected chi connectivity index (χ3v) is 4.13. The molecule has 0 spiro atoms. The number of esters is 1. The number of primary amides is 1. The van der Waals surface area contributed by atoms with Crippen LogP contribution in [-0.2, 0) is 14.3 Å². The van der Waals surface area contributed by atoms with Crippen molar-refractivity contribution in [2.24, 2.45) is 11.7 Å². The van der Waals surface area contributed by atoms with Gasteiger partial charge in [0.2, 0.25) is 5.91 Å². The van der Waals surface area contributed by atoms with Gasteiger partial charge in [0.25, 0.3) is 5.91 Å². The van der Waals surface area contributed by atoms with E-state index in [1.807, 2.05) is 0 Å². The lowest BCUT2D eigenvalue weighted by atomic mass is 9.96. The quantitative estimate of drug-likeness (QED) is 0.811. The summed E-state index contributed by atoms with van der Waals surface area (Å²) < 4.78 is 5.80. The molecule has 1 aromatic carbocycles. The molecular formula is C15H17BrN2O4. The highest BCUT2D eigenvalue weighted by Crippen LogP contribution is 2.17. The lowest BCUT2D eigenvalue weighted by Gasteiger charge is -2.30. The first kappa shape index (κ1) is 16.5. The van der Waals surface area contributed by atoms with Crippen LogP contribution in [0, 0.1) is 5.92 Å². The molecule has 0 bridgehead atoms. The number of hydrogen-bond acceptors (Lipinski definition) is 4. The minimum absolute atomic E-state index is 0.173. The Kier molecular flexibility index (Phi) is 5.54. The Balaban J connectivity index is 1.81. The third kappa shape index (κ3) is 4.30. The van der Waals surface area contributed by atoms with Crippen LogP contribution in [0.2, 0.25) is 0 Å². The van der Waals surface area contributed by atoms with E-state index in [9.17, 15) is 14.4 Å². The summed E-state index contributed by atoms with van der Waals surface area (Å²) in [6.45, 7) is 0.619. The number of carbonyl (C=O) groups is 3. The average Bonchev–Trinajstić information content (AvgIpc) is 2.52. The van der Waals surface area contributed by atoms with Crippen molar-refractivity contribution in [3.63, 3.8) is 0 Å². The van der Waals surface area contributed by atoms with E-state index in [1.165, 1.54) is 0 Å². The lowest BCUT2D eigenvalue weighted by molar-refractivity contribution is -0.137. The Morgan fingerprint density at radius 1 is 1.27 bits per heavy atom. The fourth-order valence-corrected chi connectivity index (χ4v) is 2.73. The van der Waals surface area contributed by atoms with Crippen LogP contribution in [0.3, 0.4) is 0 Å². The fraction of sp³-hybridized carbons (Fsp3) is 0.400. The number of ether oxygens (including phenoxy) is 1. The summed E-state index contributed by atoms with van der Waals surface area (Å²) in [6.07, 6.45) is 1.11. The zero-order chi connectivity index (χ0) is 16.1. The molecular weight excluding hydrogens is 352 g/mol. The van der Waals surface area contributed by atoms with Gasteiger partial charge in [0.15, 0.2) is 6.61 Å². The molecule has 0 radical (unpaired) electrons. The van der Waals surface area contributed by atoms with E-state index < -0.39 is 5.97 Å². The van der Waals surface area contributed by atoms with Gasteiger partial charge in [0, 0.05) is 23.5 Å². The zero-order valence-corrected chi connectivity index (χ0v) is 13.5. The number of hydrogen-bond donors (Lipinski definition) is 1. The minimum Gasteiger partial charge on any atom is -0.452 e. The lowest BCUT2D eigenvalue weighted by Crippen LogP contribution is -2.43. The molecule has 7 heteroatoms. The predicted octanol–water partition coefficient (Wildman–Crippen LogP) is 1.33. The van der Waals surface area contributed by atoms with Crippen molar-refractivity contribution in [2.45, 2.75) is 12.8 Å². The number of amides is 2. The third-order valence-electron chi connectivity index (χ3n) is 3.64. The van der Waals surface area contributed by atoms with Gasteiger partial charge in [-0.3, -0.25) is 9.59 Å². The number of halogens is 1. The van der Waals surface area contributed by atoms with Crippen molar-refractivity contribution in [1.29, 1.82) is 0 Å². The van der Waals surface area contributed by atoms with Crippen LogP contribution in [0.5, 0.6) is 0 Å². The van der Waals surface area contributed by atoms with E-state index in [-0.39, 0.29) is 24.3 Å². The molecule has 0 atom stereocenters. The maximum Gasteiger partial charge on any atom is 0.338 e. The van der Waals surface area contributed by atoms with Gasteiger partial charge in [0.1, 0.15) is 0 Å². The van der Waals surface area contributed by atoms with Crippen LogP contribution in [0.4, 0.5) is 0 Å². The van der Waals surface area contributed by atoms with Crippen LogP contribution < -0.4 is 5.73 Å². The highest BCUT2D eigenvalue weighted by Gasteiger charge is 2.26. The van der Waals surface area contributed by atoms with Gasteiger partial charge in [-0.2, -0.15) is 0 Å². The monoisotopic (exact) mass is 368 g/mol. The van der Waals surface area contributed by atoms with Crippen molar-refractivity contribution in [2.75, 3.05) is 19.7 Å². The Morgan fingerprint density at radius 3 is 2.55 bits per heavy atom. The Labute approximate surface area is 136 Å². The van der Waals surface area contributed by atoms with E-state index in [4.69, 9.17) is 10.5 Å². The SMILES string of the molecule is NC(=O)C1CCN(C(=O)COC(=O)c2cccc(Br)c2)CC1. The molecule has 6 nitrogen and oxygen atoms in total. The van der Waals surface area contributed by atoms with Gasteiger partial charge in [-0.1, -0.05) is 22.0 Å². The maximum absolute atomic E-state index is 12.0. The Hall–Kier alpha value is -1.89. The first-order chi connectivity index (χ1) is 10.5. The summed E-state index contributed by atoms with van der Waals surface area (Å²) in [4.78, 5) is 36.5. The number of nitrogens with zero attached hydrogens (tertiary/aromatic N) is 1. The number of benzene rings is 1. The van der Waals surface area contributed by atoms with E-state index in [0.29, 0.717) is 31.5 Å². The van der Waals surface area contributed by atoms with Crippen LogP contribution >= 0.6 is 15.9 Å². The van der Waals surface area contributed by atoms with Crippen LogP contribution in [0.25, 0.3) is 0 Å². The van der Waals surface area contributed by atoms with Crippen LogP contribution in [-0.4, -0.2) is 42.4 Å². The average molecular weight is 369 g/mol. The van der Waals surface area contributed by atoms with Crippen molar-refractivity contribution >= 4 is 33.7 Å². The second-order valence-electron chi connectivity index (χ2n) is 5.14. The number of piperidine rings is 1. The molecule has 1 fully saturated rings. The molecule has 2 N–H and O–H groups in total. The first-order valence-corrected chi connectivity index (χ1v) is 7.76. The summed E-state index contributed by atoms with van der Waals surface area (Å²) in [5, 5.41) is 0. The second kappa shape index (κ2) is 7.40. The largest absolute Gasteiger partial charge is 0.452 e. The fourth-order valence-electron chi connectivity index (χ4n) is 2.33. The topological polar surface area (TPSA) is 89.7 Å². The molecule has 2 amide bonds. The van der Waals surface area contributed by atoms with E-state index in [2.05, 4.69) is 15.9 Å². The molecule has 0 aromatic heterocycles. The standard InChI is InChI=1S/C15H17BrN2O4/c16-12-3-1-2-11(8-12)15(21)22-9-13(19)18-6-4-10(5-7-18)14(17)20/h1-3,8,10H,4-7,9H2,(H2,17,20). The maximum atomic E-state index is 12.0. The van der Waals surface area contributed by atoms with Crippen molar-refractivity contribution in [1.82, 2.24) is 4.90 Å². The number of rotatable bonds is 4. The normalized spacial score (nSPS) is 15.4. The van der Waals surface area contributed by atoms with E-state index >= 15 is 0 Å². The van der Waals surface area contributed by atoms with Crippen molar-refractivity contribution in [3.8, 4) is 0 Å². The number of likely N-dealkylation sites (tertiary alicyclic amines) is 1. The highest BCUT2D eigenvalue weighted by atomic mass is 79.9. The minimum atomic E-state index is -0.540. The van der Waals surface area contributed by atoms with Gasteiger partial charge in [-0.25, -0.2) is 4.79 Å². The predicted molar refractivity (Wildman–Crippen MR) is 82.9 cm³/mol. The molecule has 0 saturated carbocycles. The van der Waals surface area contributed by atoms with Crippen LogP contribution in [0.15, 0.2) is 28.7 Å². The summed E-state index contributed by atoms with van der Waals surface area (Å²) in [5.74, 6) is -1.30. The van der Waals surface area contributed by atoms with Crippen molar-refractivity contribution < 1.29 is 19.1 Å². The second-order valence-corrected chi connectivity index (χ2v) is 6.06. The first-order valence-electron chi connectivity index (χ1n) is 6.97. The molecule has 0 aliphatic carbocycles. The van der Waals surface area contributed by atoms with E-state index in [1.54, 1.807) is 29.2 Å². The Morgan fingerprint density at radius 2 is 1.95 bits per heavy atom. The molecule has 1 aliphatic heterocycles. The van der Waals surface area contributed by atoms with Gasteiger partial charge in [-0.15, -0.1) is 0 Å². The van der Waals surface area contributed by atoms with Gasteiger partial charge in [-0.05, 0) is 31.0 Å². The van der Waals surface area contributed by atoms with E-state index in [0.717, 1.165) is 4.47 Å². The summed E-state index contributed by atoms with van der Waals surface area (Å²) in [7, 11) is 0. The molecule has 118 valence electrons. The molecule has 2 rings (SSSR count). The molecule has 1 saturated heterocycles.